The number of carboxylic acids is 1. The highest BCUT2D eigenvalue weighted by Crippen LogP contribution is 2.43. The van der Waals surface area contributed by atoms with Crippen LogP contribution in [0.25, 0.3) is 11.0 Å². The van der Waals surface area contributed by atoms with Gasteiger partial charge in [0.1, 0.15) is 5.52 Å². The number of aromatic carboxylic acids is 1. The lowest BCUT2D eigenvalue weighted by Crippen LogP contribution is -2.14. The SMILES string of the molecule is O=C(O)c1cccc2c1nc(C(F)(F)F)n2C1CC1. The van der Waals surface area contributed by atoms with E-state index in [1.54, 1.807) is 0 Å². The van der Waals surface area contributed by atoms with Crippen LogP contribution in [0.1, 0.15) is 35.1 Å². The van der Waals surface area contributed by atoms with Crippen molar-refractivity contribution >= 4 is 17.0 Å². The van der Waals surface area contributed by atoms with Crippen molar-refractivity contribution in [1.82, 2.24) is 9.55 Å². The normalized spacial score (nSPS) is 15.9. The van der Waals surface area contributed by atoms with Gasteiger partial charge in [-0.25, -0.2) is 9.78 Å². The number of nitrogens with zero attached hydrogens (tertiary/aromatic N) is 2. The first kappa shape index (κ1) is 12.0. The molecular formula is C12H9F3N2O2. The van der Waals surface area contributed by atoms with Gasteiger partial charge in [-0.1, -0.05) is 6.07 Å². The zero-order valence-electron chi connectivity index (χ0n) is 9.61. The number of imidazole rings is 1. The first-order valence-electron chi connectivity index (χ1n) is 5.71. The van der Waals surface area contributed by atoms with Gasteiger partial charge in [0.25, 0.3) is 0 Å². The minimum atomic E-state index is -4.59. The molecule has 4 nitrogen and oxygen atoms in total. The zero-order valence-corrected chi connectivity index (χ0v) is 9.61. The van der Waals surface area contributed by atoms with E-state index in [-0.39, 0.29) is 22.6 Å². The van der Waals surface area contributed by atoms with Crippen LogP contribution in [-0.2, 0) is 6.18 Å². The number of alkyl halides is 3. The van der Waals surface area contributed by atoms with Gasteiger partial charge in [0, 0.05) is 6.04 Å². The molecule has 7 heteroatoms. The van der Waals surface area contributed by atoms with Gasteiger partial charge in [-0.05, 0) is 25.0 Å². The van der Waals surface area contributed by atoms with Crippen molar-refractivity contribution in [3.63, 3.8) is 0 Å². The van der Waals surface area contributed by atoms with Crippen LogP contribution in [0.4, 0.5) is 13.2 Å². The van der Waals surface area contributed by atoms with Crippen molar-refractivity contribution < 1.29 is 23.1 Å². The van der Waals surface area contributed by atoms with Gasteiger partial charge in [0.05, 0.1) is 11.1 Å². The fourth-order valence-corrected chi connectivity index (χ4v) is 2.19. The van der Waals surface area contributed by atoms with E-state index in [0.29, 0.717) is 12.8 Å². The Morgan fingerprint density at radius 3 is 2.58 bits per heavy atom. The maximum absolute atomic E-state index is 13.0. The summed E-state index contributed by atoms with van der Waals surface area (Å²) in [5.41, 5.74) is -0.0775. The van der Waals surface area contributed by atoms with E-state index in [2.05, 4.69) is 4.98 Å². The topological polar surface area (TPSA) is 55.1 Å². The molecule has 3 rings (SSSR count). The molecule has 1 saturated carbocycles. The Morgan fingerprint density at radius 2 is 2.05 bits per heavy atom. The molecule has 0 saturated heterocycles. The van der Waals surface area contributed by atoms with Crippen LogP contribution < -0.4 is 0 Å². The molecule has 19 heavy (non-hydrogen) atoms. The number of aromatic nitrogens is 2. The van der Waals surface area contributed by atoms with Crippen molar-refractivity contribution in [3.8, 4) is 0 Å². The molecule has 0 amide bonds. The minimum Gasteiger partial charge on any atom is -0.478 e. The number of halogens is 3. The summed E-state index contributed by atoms with van der Waals surface area (Å²) in [6.07, 6.45) is -3.27. The smallest absolute Gasteiger partial charge is 0.449 e. The quantitative estimate of drug-likeness (QED) is 0.912. The Labute approximate surface area is 105 Å². The Bertz CT molecular complexity index is 671. The lowest BCUT2D eigenvalue weighted by molar-refractivity contribution is -0.147. The van der Waals surface area contributed by atoms with Crippen LogP contribution in [0.5, 0.6) is 0 Å². The maximum Gasteiger partial charge on any atom is 0.449 e. The number of para-hydroxylation sites is 1. The summed E-state index contributed by atoms with van der Waals surface area (Å²) >= 11 is 0. The zero-order chi connectivity index (χ0) is 13.8. The molecule has 0 bridgehead atoms. The molecule has 0 atom stereocenters. The van der Waals surface area contributed by atoms with Crippen molar-refractivity contribution in [1.29, 1.82) is 0 Å². The van der Waals surface area contributed by atoms with E-state index < -0.39 is 18.0 Å². The monoisotopic (exact) mass is 270 g/mol. The second kappa shape index (κ2) is 3.72. The predicted octanol–water partition coefficient (Wildman–Crippen LogP) is 3.09. The molecule has 1 heterocycles. The van der Waals surface area contributed by atoms with Crippen molar-refractivity contribution in [2.45, 2.75) is 25.1 Å². The Hall–Kier alpha value is -2.05. The van der Waals surface area contributed by atoms with E-state index in [0.717, 1.165) is 4.57 Å². The largest absolute Gasteiger partial charge is 0.478 e. The molecule has 2 aromatic rings. The third kappa shape index (κ3) is 1.85. The molecule has 1 N–H and O–H groups in total. The molecule has 1 aliphatic rings. The maximum atomic E-state index is 13.0. The van der Waals surface area contributed by atoms with Gasteiger partial charge in [-0.3, -0.25) is 0 Å². The summed E-state index contributed by atoms with van der Waals surface area (Å²) in [6, 6.07) is 3.94. The average molecular weight is 270 g/mol. The molecule has 1 aromatic carbocycles. The molecule has 0 unspecified atom stereocenters. The Morgan fingerprint density at radius 1 is 1.37 bits per heavy atom. The summed E-state index contributed by atoms with van der Waals surface area (Å²) in [7, 11) is 0. The molecule has 0 aliphatic heterocycles. The van der Waals surface area contributed by atoms with Crippen molar-refractivity contribution in [2.75, 3.05) is 0 Å². The number of fused-ring (bicyclic) bond motifs is 1. The van der Waals surface area contributed by atoms with Crippen LogP contribution >= 0.6 is 0 Å². The van der Waals surface area contributed by atoms with Crippen LogP contribution in [-0.4, -0.2) is 20.6 Å². The molecule has 1 aliphatic carbocycles. The van der Waals surface area contributed by atoms with Crippen molar-refractivity contribution in [2.24, 2.45) is 0 Å². The van der Waals surface area contributed by atoms with E-state index in [4.69, 9.17) is 5.11 Å². The van der Waals surface area contributed by atoms with Gasteiger partial charge in [-0.15, -0.1) is 0 Å². The summed E-state index contributed by atoms with van der Waals surface area (Å²) in [5, 5.41) is 9.01. The molecule has 0 radical (unpaired) electrons. The number of benzene rings is 1. The van der Waals surface area contributed by atoms with Crippen LogP contribution in [0.2, 0.25) is 0 Å². The van der Waals surface area contributed by atoms with Gasteiger partial charge in [-0.2, -0.15) is 13.2 Å². The predicted molar refractivity (Wildman–Crippen MR) is 60.0 cm³/mol. The van der Waals surface area contributed by atoms with Gasteiger partial charge >= 0.3 is 12.1 Å². The lowest BCUT2D eigenvalue weighted by Gasteiger charge is -2.09. The van der Waals surface area contributed by atoms with Crippen molar-refractivity contribution in [3.05, 3.63) is 29.6 Å². The van der Waals surface area contributed by atoms with Gasteiger partial charge < -0.3 is 9.67 Å². The number of hydrogen-bond donors (Lipinski definition) is 1. The van der Waals surface area contributed by atoms with E-state index in [1.807, 2.05) is 0 Å². The Balaban J connectivity index is 2.35. The van der Waals surface area contributed by atoms with Gasteiger partial charge in [0.2, 0.25) is 5.82 Å². The summed E-state index contributed by atoms with van der Waals surface area (Å²) in [5.74, 6) is -2.29. The first-order chi connectivity index (χ1) is 8.89. The second-order valence-corrected chi connectivity index (χ2v) is 4.51. The lowest BCUT2D eigenvalue weighted by atomic mass is 10.2. The first-order valence-corrected chi connectivity index (χ1v) is 5.71. The number of rotatable bonds is 2. The number of hydrogen-bond acceptors (Lipinski definition) is 2. The fourth-order valence-electron chi connectivity index (χ4n) is 2.19. The minimum absolute atomic E-state index is 0.103. The van der Waals surface area contributed by atoms with Crippen LogP contribution in [0.15, 0.2) is 18.2 Å². The molecule has 1 fully saturated rings. The number of carboxylic acid groups (broad SMARTS) is 1. The molecular weight excluding hydrogens is 261 g/mol. The van der Waals surface area contributed by atoms with Gasteiger partial charge in [0.15, 0.2) is 0 Å². The molecule has 100 valence electrons. The average Bonchev–Trinajstić information content (AvgIpc) is 3.06. The Kier molecular flexibility index (Phi) is 2.35. The highest BCUT2D eigenvalue weighted by molar-refractivity contribution is 6.01. The van der Waals surface area contributed by atoms with E-state index in [1.165, 1.54) is 18.2 Å². The van der Waals surface area contributed by atoms with E-state index in [9.17, 15) is 18.0 Å². The summed E-state index contributed by atoms with van der Waals surface area (Å²) in [4.78, 5) is 14.6. The van der Waals surface area contributed by atoms with Crippen LogP contribution in [0, 0.1) is 0 Å². The second-order valence-electron chi connectivity index (χ2n) is 4.51. The van der Waals surface area contributed by atoms with E-state index >= 15 is 0 Å². The van der Waals surface area contributed by atoms with Crippen LogP contribution in [0.3, 0.4) is 0 Å². The third-order valence-electron chi connectivity index (χ3n) is 3.12. The highest BCUT2D eigenvalue weighted by atomic mass is 19.4. The summed E-state index contributed by atoms with van der Waals surface area (Å²) < 4.78 is 40.0. The molecule has 0 spiro atoms. The molecule has 1 aromatic heterocycles. The standard InChI is InChI=1S/C12H9F3N2O2/c13-12(14,15)11-16-9-7(10(18)19)2-1-3-8(9)17(11)6-4-5-6/h1-3,6H,4-5H2,(H,18,19). The fraction of sp³-hybridized carbons (Fsp3) is 0.333. The highest BCUT2D eigenvalue weighted by Gasteiger charge is 2.42. The summed E-state index contributed by atoms with van der Waals surface area (Å²) in [6.45, 7) is 0. The number of carbonyl (C=O) groups is 1. The third-order valence-corrected chi connectivity index (χ3v) is 3.12.